The Balaban J connectivity index is 1.80. The van der Waals surface area contributed by atoms with Gasteiger partial charge in [0.2, 0.25) is 10.0 Å². The molecule has 2 heterocycles. The highest BCUT2D eigenvalue weighted by Gasteiger charge is 2.60. The first kappa shape index (κ1) is 25.2. The minimum absolute atomic E-state index is 0.290. The maximum absolute atomic E-state index is 13.8. The third kappa shape index (κ3) is 4.63. The van der Waals surface area contributed by atoms with Gasteiger partial charge in [0.1, 0.15) is 0 Å². The monoisotopic (exact) mass is 481 g/mol. The first-order valence-electron chi connectivity index (χ1n) is 12.1. The molecule has 5 nitrogen and oxygen atoms in total. The molecule has 0 amide bonds. The van der Waals surface area contributed by atoms with E-state index < -0.39 is 33.7 Å². The first-order valence-corrected chi connectivity index (χ1v) is 13.5. The lowest BCUT2D eigenvalue weighted by molar-refractivity contribution is 0.00578. The zero-order valence-corrected chi connectivity index (χ0v) is 22.0. The molecular formula is C27H36BNO4S. The van der Waals surface area contributed by atoms with E-state index in [0.29, 0.717) is 24.4 Å². The van der Waals surface area contributed by atoms with Crippen LogP contribution in [0.5, 0.6) is 0 Å². The van der Waals surface area contributed by atoms with Crippen LogP contribution in [0.15, 0.2) is 71.1 Å². The summed E-state index contributed by atoms with van der Waals surface area (Å²) in [6.07, 6.45) is 3.62. The molecule has 1 unspecified atom stereocenters. The van der Waals surface area contributed by atoms with Gasteiger partial charge in [-0.05, 0) is 65.2 Å². The number of hydrogen-bond acceptors (Lipinski definition) is 4. The lowest BCUT2D eigenvalue weighted by Gasteiger charge is -2.41. The average Bonchev–Trinajstić information content (AvgIpc) is 3.02. The molecule has 1 fully saturated rings. The van der Waals surface area contributed by atoms with Crippen LogP contribution in [0, 0.1) is 6.92 Å². The second-order valence-corrected chi connectivity index (χ2v) is 12.7. The Morgan fingerprint density at radius 1 is 0.941 bits per heavy atom. The molecule has 0 N–H and O–H groups in total. The molecule has 7 heteroatoms. The summed E-state index contributed by atoms with van der Waals surface area (Å²) in [5.41, 5.74) is 2.20. The quantitative estimate of drug-likeness (QED) is 0.409. The summed E-state index contributed by atoms with van der Waals surface area (Å²) in [4.78, 5) is 0.318. The molecule has 0 spiro atoms. The summed E-state index contributed by atoms with van der Waals surface area (Å²) < 4.78 is 42.3. The van der Waals surface area contributed by atoms with E-state index in [2.05, 4.69) is 25.1 Å². The molecule has 2 aliphatic heterocycles. The molecule has 34 heavy (non-hydrogen) atoms. The van der Waals surface area contributed by atoms with Crippen molar-refractivity contribution in [1.29, 1.82) is 0 Å². The van der Waals surface area contributed by atoms with Gasteiger partial charge in [0.05, 0.1) is 16.1 Å². The highest BCUT2D eigenvalue weighted by molar-refractivity contribution is 7.89. The number of benzene rings is 2. The predicted octanol–water partition coefficient (Wildman–Crippen LogP) is 5.41. The van der Waals surface area contributed by atoms with Gasteiger partial charge in [-0.15, -0.1) is 0 Å². The van der Waals surface area contributed by atoms with Crippen molar-refractivity contribution in [2.24, 2.45) is 0 Å². The van der Waals surface area contributed by atoms with Crippen molar-refractivity contribution in [3.05, 3.63) is 77.4 Å². The van der Waals surface area contributed by atoms with E-state index in [1.807, 2.05) is 65.0 Å². The number of sulfonamides is 1. The van der Waals surface area contributed by atoms with E-state index in [1.54, 1.807) is 16.4 Å². The molecule has 2 aromatic rings. The first-order chi connectivity index (χ1) is 15.9. The lowest BCUT2D eigenvalue weighted by Crippen LogP contribution is -2.50. The van der Waals surface area contributed by atoms with E-state index in [-0.39, 0.29) is 0 Å². The van der Waals surface area contributed by atoms with Gasteiger partial charge in [0.25, 0.3) is 0 Å². The van der Waals surface area contributed by atoms with Crippen molar-refractivity contribution < 1.29 is 17.7 Å². The van der Waals surface area contributed by atoms with Gasteiger partial charge < -0.3 is 9.31 Å². The Bertz CT molecular complexity index is 1140. The van der Waals surface area contributed by atoms with Crippen molar-refractivity contribution in [3.63, 3.8) is 0 Å². The summed E-state index contributed by atoms with van der Waals surface area (Å²) >= 11 is 0. The van der Waals surface area contributed by atoms with Gasteiger partial charge in [0.15, 0.2) is 0 Å². The Morgan fingerprint density at radius 2 is 1.53 bits per heavy atom. The molecule has 1 atom stereocenters. The maximum atomic E-state index is 13.8. The number of rotatable bonds is 6. The zero-order valence-electron chi connectivity index (χ0n) is 21.2. The summed E-state index contributed by atoms with van der Waals surface area (Å²) in [6.45, 7) is 12.9. The Kier molecular flexibility index (Phi) is 6.62. The van der Waals surface area contributed by atoms with Crippen molar-refractivity contribution in [2.75, 3.05) is 13.1 Å². The largest absolute Gasteiger partial charge is 0.470 e. The van der Waals surface area contributed by atoms with Crippen LogP contribution < -0.4 is 0 Å². The second kappa shape index (κ2) is 8.94. The SMILES string of the molecule is CCC1=CC(Cc2ccccc2)(B2OC(C)(C)C(C)(C)O2)CN(S(=O)(=O)c2ccc(C)cc2)C1. The third-order valence-electron chi connectivity index (χ3n) is 7.55. The van der Waals surface area contributed by atoms with Gasteiger partial charge in [-0.3, -0.25) is 0 Å². The van der Waals surface area contributed by atoms with Crippen LogP contribution in [0.4, 0.5) is 0 Å². The number of nitrogens with zero attached hydrogens (tertiary/aromatic N) is 1. The Morgan fingerprint density at radius 3 is 2.09 bits per heavy atom. The standard InChI is InChI=1S/C27H36BNO4S/c1-7-22-17-27(18-23-11-9-8-10-12-23,28-32-25(3,4)26(5,6)33-28)20-29(19-22)34(30,31)24-15-13-21(2)14-16-24/h8-17H,7,18-20H2,1-6H3. The van der Waals surface area contributed by atoms with Crippen LogP contribution >= 0.6 is 0 Å². The molecular weight excluding hydrogens is 445 g/mol. The fourth-order valence-corrected chi connectivity index (χ4v) is 6.26. The molecule has 0 aliphatic carbocycles. The number of hydrogen-bond donors (Lipinski definition) is 0. The smallest absolute Gasteiger partial charge is 0.403 e. The van der Waals surface area contributed by atoms with Gasteiger partial charge in [-0.2, -0.15) is 4.31 Å². The van der Waals surface area contributed by atoms with Crippen LogP contribution in [0.25, 0.3) is 0 Å². The van der Waals surface area contributed by atoms with E-state index in [4.69, 9.17) is 9.31 Å². The van der Waals surface area contributed by atoms with Crippen LogP contribution in [0.2, 0.25) is 5.31 Å². The average molecular weight is 481 g/mol. The summed E-state index contributed by atoms with van der Waals surface area (Å²) in [7, 11) is -4.26. The second-order valence-electron chi connectivity index (χ2n) is 10.7. The fourth-order valence-electron chi connectivity index (χ4n) is 4.74. The third-order valence-corrected chi connectivity index (χ3v) is 9.36. The number of aryl methyl sites for hydroxylation is 1. The van der Waals surface area contributed by atoms with Crippen molar-refractivity contribution >= 4 is 17.1 Å². The molecule has 0 bridgehead atoms. The summed E-state index contributed by atoms with van der Waals surface area (Å²) in [6, 6.07) is 17.3. The van der Waals surface area contributed by atoms with Crippen molar-refractivity contribution in [3.8, 4) is 0 Å². The van der Waals surface area contributed by atoms with Crippen LogP contribution in [0.3, 0.4) is 0 Å². The minimum Gasteiger partial charge on any atom is -0.403 e. The van der Waals surface area contributed by atoms with E-state index in [9.17, 15) is 8.42 Å². The molecule has 4 rings (SSSR count). The van der Waals surface area contributed by atoms with E-state index in [0.717, 1.165) is 23.1 Å². The van der Waals surface area contributed by atoms with Gasteiger partial charge >= 0.3 is 7.12 Å². The van der Waals surface area contributed by atoms with Crippen molar-refractivity contribution in [2.45, 2.75) is 75.8 Å². The molecule has 0 saturated carbocycles. The van der Waals surface area contributed by atoms with Gasteiger partial charge in [-0.25, -0.2) is 8.42 Å². The predicted molar refractivity (Wildman–Crippen MR) is 137 cm³/mol. The molecule has 182 valence electrons. The van der Waals surface area contributed by atoms with Crippen LogP contribution in [0.1, 0.15) is 52.2 Å². The molecule has 0 aromatic heterocycles. The lowest BCUT2D eigenvalue weighted by atomic mass is 9.53. The van der Waals surface area contributed by atoms with Gasteiger partial charge in [-0.1, -0.05) is 66.6 Å². The Labute approximate surface area is 205 Å². The highest BCUT2D eigenvalue weighted by Crippen LogP contribution is 2.50. The van der Waals surface area contributed by atoms with E-state index in [1.165, 1.54) is 0 Å². The fraction of sp³-hybridized carbons (Fsp3) is 0.481. The normalized spacial score (nSPS) is 24.8. The molecule has 0 radical (unpaired) electrons. The van der Waals surface area contributed by atoms with Gasteiger partial charge in [0, 0.05) is 18.4 Å². The highest BCUT2D eigenvalue weighted by atomic mass is 32.2. The topological polar surface area (TPSA) is 55.8 Å². The summed E-state index contributed by atoms with van der Waals surface area (Å²) in [5, 5.41) is -0.659. The Hall–Kier alpha value is -1.93. The van der Waals surface area contributed by atoms with E-state index >= 15 is 0 Å². The zero-order chi connectivity index (χ0) is 24.8. The molecule has 2 aliphatic rings. The molecule has 2 aromatic carbocycles. The maximum Gasteiger partial charge on any atom is 0.470 e. The molecule has 1 saturated heterocycles. The van der Waals surface area contributed by atoms with Crippen LogP contribution in [-0.4, -0.2) is 44.1 Å². The minimum atomic E-state index is -3.69. The van der Waals surface area contributed by atoms with Crippen molar-refractivity contribution in [1.82, 2.24) is 4.31 Å². The van der Waals surface area contributed by atoms with Crippen LogP contribution in [-0.2, 0) is 25.8 Å². The summed E-state index contributed by atoms with van der Waals surface area (Å²) in [5.74, 6) is 0.